The second kappa shape index (κ2) is 9.35. The van der Waals surface area contributed by atoms with Crippen LogP contribution in [-0.2, 0) is 14.8 Å². The molecule has 11 heteroatoms. The van der Waals surface area contributed by atoms with Crippen LogP contribution in [0.25, 0.3) is 0 Å². The summed E-state index contributed by atoms with van der Waals surface area (Å²) in [6.07, 6.45) is 1.49. The molecule has 9 nitrogen and oxygen atoms in total. The number of carbonyl (C=O) groups is 1. The zero-order valence-electron chi connectivity index (χ0n) is 16.9. The van der Waals surface area contributed by atoms with Crippen molar-refractivity contribution in [2.75, 3.05) is 57.8 Å². The lowest BCUT2D eigenvalue weighted by atomic mass is 10.3. The first-order valence-corrected chi connectivity index (χ1v) is 11.9. The van der Waals surface area contributed by atoms with Crippen molar-refractivity contribution in [3.63, 3.8) is 0 Å². The van der Waals surface area contributed by atoms with Crippen LogP contribution >= 0.6 is 12.2 Å². The number of nitrogens with one attached hydrogen (secondary N) is 1. The van der Waals surface area contributed by atoms with Gasteiger partial charge in [0, 0.05) is 45.0 Å². The lowest BCUT2D eigenvalue weighted by Crippen LogP contribution is -2.51. The molecular formula is C20H24N4O5S2. The number of nitrogens with zero attached hydrogens (tertiary/aromatic N) is 3. The predicted molar refractivity (Wildman–Crippen MR) is 118 cm³/mol. The van der Waals surface area contributed by atoms with E-state index in [0.29, 0.717) is 69.0 Å². The Morgan fingerprint density at radius 2 is 1.58 bits per heavy atom. The number of amides is 1. The highest BCUT2D eigenvalue weighted by molar-refractivity contribution is 7.89. The van der Waals surface area contributed by atoms with Gasteiger partial charge in [-0.1, -0.05) is 0 Å². The van der Waals surface area contributed by atoms with E-state index < -0.39 is 10.0 Å². The maximum Gasteiger partial charge on any atom is 0.289 e. The predicted octanol–water partition coefficient (Wildman–Crippen LogP) is 1.46. The lowest BCUT2D eigenvalue weighted by Gasteiger charge is -2.35. The Labute approximate surface area is 186 Å². The first-order valence-electron chi connectivity index (χ1n) is 10.0. The highest BCUT2D eigenvalue weighted by atomic mass is 32.2. The number of carbonyl (C=O) groups excluding carboxylic acids is 1. The van der Waals surface area contributed by atoms with Gasteiger partial charge in [0.05, 0.1) is 24.4 Å². The second-order valence-electron chi connectivity index (χ2n) is 7.23. The Hall–Kier alpha value is -2.47. The molecule has 0 aliphatic carbocycles. The number of thiocarbonyl (C=S) groups is 1. The number of hydrogen-bond donors (Lipinski definition) is 1. The van der Waals surface area contributed by atoms with E-state index in [0.717, 1.165) is 0 Å². The van der Waals surface area contributed by atoms with Gasteiger partial charge < -0.3 is 24.3 Å². The summed E-state index contributed by atoms with van der Waals surface area (Å²) in [5, 5.41) is 3.68. The molecule has 2 aliphatic heterocycles. The number of piperazine rings is 1. The summed E-state index contributed by atoms with van der Waals surface area (Å²) >= 11 is 5.50. The maximum absolute atomic E-state index is 12.7. The number of furan rings is 1. The fraction of sp³-hybridized carbons (Fsp3) is 0.400. The molecule has 0 radical (unpaired) electrons. The number of ether oxygens (including phenoxy) is 1. The first-order chi connectivity index (χ1) is 14.9. The molecule has 0 unspecified atom stereocenters. The molecule has 2 aromatic rings. The highest BCUT2D eigenvalue weighted by Crippen LogP contribution is 2.20. The third-order valence-electron chi connectivity index (χ3n) is 5.30. The Balaban J connectivity index is 1.31. The average molecular weight is 465 g/mol. The molecule has 2 aliphatic rings. The van der Waals surface area contributed by atoms with Crippen molar-refractivity contribution in [1.29, 1.82) is 0 Å². The van der Waals surface area contributed by atoms with Gasteiger partial charge in [-0.3, -0.25) is 4.79 Å². The fourth-order valence-corrected chi connectivity index (χ4v) is 5.23. The minimum Gasteiger partial charge on any atom is -0.459 e. The Kier molecular flexibility index (Phi) is 6.56. The molecule has 0 spiro atoms. The smallest absolute Gasteiger partial charge is 0.289 e. The van der Waals surface area contributed by atoms with Gasteiger partial charge in [0.1, 0.15) is 0 Å². The zero-order valence-corrected chi connectivity index (χ0v) is 18.5. The summed E-state index contributed by atoms with van der Waals surface area (Å²) in [4.78, 5) is 16.3. The van der Waals surface area contributed by atoms with Crippen molar-refractivity contribution in [3.8, 4) is 0 Å². The van der Waals surface area contributed by atoms with Crippen LogP contribution in [0, 0.1) is 0 Å². The van der Waals surface area contributed by atoms with Crippen LogP contribution in [0.5, 0.6) is 0 Å². The van der Waals surface area contributed by atoms with E-state index in [2.05, 4.69) is 5.32 Å². The largest absolute Gasteiger partial charge is 0.459 e. The van der Waals surface area contributed by atoms with Crippen molar-refractivity contribution in [2.24, 2.45) is 0 Å². The van der Waals surface area contributed by atoms with Crippen molar-refractivity contribution in [2.45, 2.75) is 4.90 Å². The summed E-state index contributed by atoms with van der Waals surface area (Å²) in [6.45, 7) is 3.82. The third-order valence-corrected chi connectivity index (χ3v) is 7.57. The molecule has 0 atom stereocenters. The molecular weight excluding hydrogens is 440 g/mol. The molecule has 1 amide bonds. The number of hydrogen-bond acceptors (Lipinski definition) is 6. The van der Waals surface area contributed by atoms with E-state index >= 15 is 0 Å². The van der Waals surface area contributed by atoms with Crippen LogP contribution in [0.2, 0.25) is 0 Å². The molecule has 0 bridgehead atoms. The summed E-state index contributed by atoms with van der Waals surface area (Å²) in [5.74, 6) is 0.210. The van der Waals surface area contributed by atoms with Crippen LogP contribution in [0.3, 0.4) is 0 Å². The number of morpholine rings is 1. The molecule has 31 heavy (non-hydrogen) atoms. The van der Waals surface area contributed by atoms with Gasteiger partial charge in [-0.25, -0.2) is 8.42 Å². The van der Waals surface area contributed by atoms with Crippen LogP contribution in [0.4, 0.5) is 5.69 Å². The number of benzene rings is 1. The molecule has 2 fully saturated rings. The number of rotatable bonds is 4. The topological polar surface area (TPSA) is 95.3 Å². The monoisotopic (exact) mass is 464 g/mol. The minimum absolute atomic E-state index is 0.124. The third kappa shape index (κ3) is 4.90. The molecule has 0 saturated carbocycles. The summed E-state index contributed by atoms with van der Waals surface area (Å²) in [5.41, 5.74) is 0.708. The molecule has 4 rings (SSSR count). The van der Waals surface area contributed by atoms with Crippen LogP contribution in [-0.4, -0.2) is 86.0 Å². The Morgan fingerprint density at radius 3 is 2.19 bits per heavy atom. The number of anilines is 1. The normalized spacial score (nSPS) is 18.1. The maximum atomic E-state index is 12.7. The molecule has 1 aromatic carbocycles. The van der Waals surface area contributed by atoms with Crippen LogP contribution in [0.1, 0.15) is 10.6 Å². The number of sulfonamides is 1. The van der Waals surface area contributed by atoms with E-state index in [9.17, 15) is 13.2 Å². The van der Waals surface area contributed by atoms with Crippen molar-refractivity contribution >= 4 is 38.9 Å². The second-order valence-corrected chi connectivity index (χ2v) is 9.55. The molecule has 3 heterocycles. The van der Waals surface area contributed by atoms with Gasteiger partial charge in [0.2, 0.25) is 10.0 Å². The van der Waals surface area contributed by atoms with E-state index in [1.807, 2.05) is 4.90 Å². The Morgan fingerprint density at radius 1 is 0.935 bits per heavy atom. The van der Waals surface area contributed by atoms with Crippen LogP contribution in [0.15, 0.2) is 52.0 Å². The fourth-order valence-electron chi connectivity index (χ4n) is 3.52. The molecule has 166 valence electrons. The van der Waals surface area contributed by atoms with Crippen molar-refractivity contribution in [1.82, 2.24) is 14.1 Å². The summed E-state index contributed by atoms with van der Waals surface area (Å²) < 4.78 is 37.3. The quantitative estimate of drug-likeness (QED) is 0.680. The van der Waals surface area contributed by atoms with E-state index in [4.69, 9.17) is 21.4 Å². The van der Waals surface area contributed by atoms with Gasteiger partial charge in [-0.2, -0.15) is 4.31 Å². The van der Waals surface area contributed by atoms with Gasteiger partial charge >= 0.3 is 0 Å². The summed E-state index contributed by atoms with van der Waals surface area (Å²) in [6, 6.07) is 9.92. The first kappa shape index (κ1) is 21.8. The van der Waals surface area contributed by atoms with Gasteiger partial charge in [-0.15, -0.1) is 0 Å². The summed E-state index contributed by atoms with van der Waals surface area (Å²) in [7, 11) is -3.52. The van der Waals surface area contributed by atoms with Crippen molar-refractivity contribution in [3.05, 3.63) is 48.4 Å². The van der Waals surface area contributed by atoms with E-state index in [-0.39, 0.29) is 10.8 Å². The average Bonchev–Trinajstić information content (AvgIpc) is 3.35. The van der Waals surface area contributed by atoms with Crippen molar-refractivity contribution < 1.29 is 22.4 Å². The molecule has 1 aromatic heterocycles. The SMILES string of the molecule is O=C(c1ccco1)N1CCN(C(=S)Nc2ccc(S(=O)(=O)N3CCOCC3)cc2)CC1. The van der Waals surface area contributed by atoms with Gasteiger partial charge in [0.25, 0.3) is 5.91 Å². The van der Waals surface area contributed by atoms with E-state index in [1.54, 1.807) is 41.3 Å². The lowest BCUT2D eigenvalue weighted by molar-refractivity contribution is 0.0661. The van der Waals surface area contributed by atoms with Gasteiger partial charge in [0.15, 0.2) is 10.9 Å². The minimum atomic E-state index is -3.52. The standard InChI is InChI=1S/C20H24N4O5S2/c25-19(18-2-1-13-29-18)22-7-9-23(10-8-22)20(30)21-16-3-5-17(6-4-16)31(26,27)24-11-14-28-15-12-24/h1-6,13H,7-12,14-15H2,(H,21,30). The Bertz CT molecular complexity index is 1010. The highest BCUT2D eigenvalue weighted by Gasteiger charge is 2.27. The van der Waals surface area contributed by atoms with E-state index in [1.165, 1.54) is 10.6 Å². The molecule has 1 N–H and O–H groups in total. The molecule has 2 saturated heterocycles. The zero-order chi connectivity index (χ0) is 21.8. The van der Waals surface area contributed by atoms with Crippen LogP contribution < -0.4 is 5.32 Å². The van der Waals surface area contributed by atoms with Gasteiger partial charge in [-0.05, 0) is 48.6 Å².